The molecule has 3 aromatic rings. The lowest BCUT2D eigenvalue weighted by Crippen LogP contribution is -2.60. The van der Waals surface area contributed by atoms with Gasteiger partial charge in [0.1, 0.15) is 35.4 Å². The fourth-order valence-electron chi connectivity index (χ4n) is 3.97. The van der Waals surface area contributed by atoms with E-state index in [2.05, 4.69) is 0 Å². The SMILES string of the molecule is COc1c(OC2OC(CO)C(O)C(O)C2O)cc2oc(-c3ccc(O)c(O)c3O)c(OC)c(=O)c2c1O. The van der Waals surface area contributed by atoms with Gasteiger partial charge in [0.05, 0.1) is 26.4 Å². The molecule has 1 saturated heterocycles. The van der Waals surface area contributed by atoms with Crippen LogP contribution in [-0.2, 0) is 4.74 Å². The maximum absolute atomic E-state index is 13.2. The molecular weight excluding hydrogens is 500 g/mol. The normalized spacial score (nSPS) is 23.7. The number of phenolic OH excluding ortho intramolecular Hbond substituents is 4. The standard InChI is InChI=1S/C23H24O14/c1-33-21-10(36-23-19(32)18(31)15(28)11(6-24)37-23)5-9-12(16(21)29)17(30)22(34-2)20(35-9)7-3-4-8(25)14(27)13(7)26/h3-5,11,15,18-19,23-29,31-32H,6H2,1-2H3. The number of hydrogen-bond donors (Lipinski definition) is 8. The zero-order valence-electron chi connectivity index (χ0n) is 19.4. The Morgan fingerprint density at radius 1 is 0.892 bits per heavy atom. The van der Waals surface area contributed by atoms with E-state index in [9.17, 15) is 45.6 Å². The molecule has 0 radical (unpaired) electrons. The highest BCUT2D eigenvalue weighted by Crippen LogP contribution is 2.48. The Balaban J connectivity index is 1.90. The molecule has 1 fully saturated rings. The molecule has 1 aliphatic rings. The maximum atomic E-state index is 13.2. The van der Waals surface area contributed by atoms with E-state index in [1.165, 1.54) is 0 Å². The van der Waals surface area contributed by atoms with Crippen LogP contribution >= 0.6 is 0 Å². The van der Waals surface area contributed by atoms with Crippen LogP contribution in [0, 0.1) is 0 Å². The van der Waals surface area contributed by atoms with Crippen LogP contribution in [0.3, 0.4) is 0 Å². The monoisotopic (exact) mass is 524 g/mol. The summed E-state index contributed by atoms with van der Waals surface area (Å²) in [6.45, 7) is -0.716. The molecule has 200 valence electrons. The molecule has 0 amide bonds. The quantitative estimate of drug-likeness (QED) is 0.190. The molecule has 5 atom stereocenters. The Bertz CT molecular complexity index is 1380. The van der Waals surface area contributed by atoms with Crippen molar-refractivity contribution in [2.75, 3.05) is 20.8 Å². The summed E-state index contributed by atoms with van der Waals surface area (Å²) in [6, 6.07) is 3.26. The molecule has 1 aromatic heterocycles. The van der Waals surface area contributed by atoms with E-state index in [0.717, 1.165) is 32.4 Å². The second-order valence-corrected chi connectivity index (χ2v) is 8.07. The van der Waals surface area contributed by atoms with Crippen LogP contribution in [-0.4, -0.2) is 92.4 Å². The maximum Gasteiger partial charge on any atom is 0.239 e. The van der Waals surface area contributed by atoms with Crippen LogP contribution in [0.2, 0.25) is 0 Å². The zero-order chi connectivity index (χ0) is 27.2. The first-order valence-corrected chi connectivity index (χ1v) is 10.7. The van der Waals surface area contributed by atoms with Gasteiger partial charge < -0.3 is 64.2 Å². The summed E-state index contributed by atoms with van der Waals surface area (Å²) in [4.78, 5) is 13.2. The van der Waals surface area contributed by atoms with E-state index < -0.39 is 82.6 Å². The van der Waals surface area contributed by atoms with Crippen LogP contribution in [0.4, 0.5) is 0 Å². The number of aliphatic hydroxyl groups excluding tert-OH is 4. The number of rotatable bonds is 6. The number of fused-ring (bicyclic) bond motifs is 1. The van der Waals surface area contributed by atoms with Crippen molar-refractivity contribution < 1.29 is 64.2 Å². The van der Waals surface area contributed by atoms with Gasteiger partial charge in [0.15, 0.2) is 28.8 Å². The molecule has 2 heterocycles. The van der Waals surface area contributed by atoms with Gasteiger partial charge in [-0.25, -0.2) is 0 Å². The average molecular weight is 524 g/mol. The van der Waals surface area contributed by atoms with Gasteiger partial charge in [0.25, 0.3) is 0 Å². The number of phenols is 4. The summed E-state index contributed by atoms with van der Waals surface area (Å²) in [5.41, 5.74) is -1.47. The lowest BCUT2D eigenvalue weighted by molar-refractivity contribution is -0.277. The van der Waals surface area contributed by atoms with Gasteiger partial charge in [-0.05, 0) is 12.1 Å². The molecule has 8 N–H and O–H groups in total. The predicted molar refractivity (Wildman–Crippen MR) is 122 cm³/mol. The van der Waals surface area contributed by atoms with Gasteiger partial charge in [-0.2, -0.15) is 0 Å². The minimum absolute atomic E-state index is 0.238. The number of aliphatic hydroxyl groups is 4. The highest BCUT2D eigenvalue weighted by atomic mass is 16.7. The summed E-state index contributed by atoms with van der Waals surface area (Å²) in [5, 5.41) is 80.0. The number of methoxy groups -OCH3 is 2. The van der Waals surface area contributed by atoms with Crippen LogP contribution in [0.25, 0.3) is 22.3 Å². The van der Waals surface area contributed by atoms with Crippen molar-refractivity contribution in [2.24, 2.45) is 0 Å². The lowest BCUT2D eigenvalue weighted by atomic mass is 9.99. The summed E-state index contributed by atoms with van der Waals surface area (Å²) in [6.07, 6.45) is -8.15. The average Bonchev–Trinajstić information content (AvgIpc) is 2.87. The first kappa shape index (κ1) is 26.1. The molecule has 2 aromatic carbocycles. The molecule has 1 aliphatic heterocycles. The largest absolute Gasteiger partial charge is 0.504 e. The van der Waals surface area contributed by atoms with E-state index >= 15 is 0 Å². The van der Waals surface area contributed by atoms with Crippen LogP contribution < -0.4 is 19.6 Å². The summed E-state index contributed by atoms with van der Waals surface area (Å²) < 4.78 is 26.9. The first-order valence-electron chi connectivity index (χ1n) is 10.7. The van der Waals surface area contributed by atoms with E-state index in [0.29, 0.717) is 0 Å². The van der Waals surface area contributed by atoms with Crippen molar-refractivity contribution in [3.63, 3.8) is 0 Å². The smallest absolute Gasteiger partial charge is 0.239 e. The van der Waals surface area contributed by atoms with E-state index in [1.54, 1.807) is 0 Å². The number of hydrogen-bond acceptors (Lipinski definition) is 14. The van der Waals surface area contributed by atoms with Gasteiger partial charge in [-0.1, -0.05) is 0 Å². The van der Waals surface area contributed by atoms with Gasteiger partial charge in [-0.3, -0.25) is 4.79 Å². The molecule has 0 saturated carbocycles. The predicted octanol–water partition coefficient (Wildman–Crippen LogP) is -0.522. The minimum Gasteiger partial charge on any atom is -0.504 e. The van der Waals surface area contributed by atoms with Crippen molar-refractivity contribution in [3.8, 4) is 51.6 Å². The third kappa shape index (κ3) is 4.20. The Kier molecular flexibility index (Phi) is 6.94. The van der Waals surface area contributed by atoms with E-state index in [1.807, 2.05) is 0 Å². The Morgan fingerprint density at radius 2 is 1.57 bits per heavy atom. The molecule has 37 heavy (non-hydrogen) atoms. The lowest BCUT2D eigenvalue weighted by Gasteiger charge is -2.39. The zero-order valence-corrected chi connectivity index (χ0v) is 19.4. The van der Waals surface area contributed by atoms with Crippen molar-refractivity contribution in [3.05, 3.63) is 28.4 Å². The third-order valence-corrected chi connectivity index (χ3v) is 5.91. The molecular formula is C23H24O14. The molecule has 14 heteroatoms. The van der Waals surface area contributed by atoms with Gasteiger partial charge in [0, 0.05) is 6.07 Å². The van der Waals surface area contributed by atoms with Gasteiger partial charge in [0.2, 0.25) is 29.0 Å². The van der Waals surface area contributed by atoms with Crippen molar-refractivity contribution in [1.82, 2.24) is 0 Å². The Hall–Kier alpha value is -3.95. The Labute approximate surface area is 207 Å². The van der Waals surface area contributed by atoms with Crippen molar-refractivity contribution in [1.29, 1.82) is 0 Å². The topological polar surface area (TPSA) is 229 Å². The fraction of sp³-hybridized carbons (Fsp3) is 0.348. The second kappa shape index (κ2) is 9.84. The highest BCUT2D eigenvalue weighted by Gasteiger charge is 2.45. The molecule has 14 nitrogen and oxygen atoms in total. The van der Waals surface area contributed by atoms with Crippen molar-refractivity contribution in [2.45, 2.75) is 30.7 Å². The Morgan fingerprint density at radius 3 is 2.19 bits per heavy atom. The minimum atomic E-state index is -1.80. The highest BCUT2D eigenvalue weighted by molar-refractivity contribution is 5.92. The number of ether oxygens (including phenoxy) is 4. The van der Waals surface area contributed by atoms with Crippen molar-refractivity contribution >= 4 is 11.0 Å². The van der Waals surface area contributed by atoms with Gasteiger partial charge in [-0.15, -0.1) is 0 Å². The van der Waals surface area contributed by atoms with Crippen LogP contribution in [0.1, 0.15) is 0 Å². The van der Waals surface area contributed by atoms with E-state index in [4.69, 9.17) is 23.4 Å². The summed E-state index contributed by atoms with van der Waals surface area (Å²) in [7, 11) is 2.27. The number of benzene rings is 2. The van der Waals surface area contributed by atoms with Gasteiger partial charge >= 0.3 is 0 Å². The summed E-state index contributed by atoms with van der Waals surface area (Å²) in [5.74, 6) is -4.67. The molecule has 0 spiro atoms. The first-order chi connectivity index (χ1) is 17.5. The van der Waals surface area contributed by atoms with E-state index in [-0.39, 0.29) is 22.7 Å². The van der Waals surface area contributed by atoms with Crippen LogP contribution in [0.15, 0.2) is 27.4 Å². The fourth-order valence-corrected chi connectivity index (χ4v) is 3.97. The van der Waals surface area contributed by atoms with Crippen LogP contribution in [0.5, 0.6) is 40.2 Å². The second-order valence-electron chi connectivity index (χ2n) is 8.07. The molecule has 0 bridgehead atoms. The molecule has 0 aliphatic carbocycles. The molecule has 4 rings (SSSR count). The summed E-state index contributed by atoms with van der Waals surface area (Å²) >= 11 is 0. The third-order valence-electron chi connectivity index (χ3n) is 5.91. The number of aromatic hydroxyl groups is 4. The molecule has 5 unspecified atom stereocenters.